The molecule has 1 aliphatic carbocycles. The van der Waals surface area contributed by atoms with Crippen molar-refractivity contribution >= 4 is 18.5 Å². The summed E-state index contributed by atoms with van der Waals surface area (Å²) >= 11 is 0. The Bertz CT molecular complexity index is 1060. The minimum Gasteiger partial charge on any atom is -0.465 e. The maximum absolute atomic E-state index is 11.8. The van der Waals surface area contributed by atoms with E-state index in [1.54, 1.807) is 4.68 Å². The highest BCUT2D eigenvalue weighted by Gasteiger charge is 2.40. The first kappa shape index (κ1) is 18.7. The van der Waals surface area contributed by atoms with Crippen LogP contribution in [0.5, 0.6) is 0 Å². The summed E-state index contributed by atoms with van der Waals surface area (Å²) in [5.41, 5.74) is 4.77. The number of nitrogens with zero attached hydrogens (tertiary/aromatic N) is 4. The van der Waals surface area contributed by atoms with E-state index in [0.29, 0.717) is 35.7 Å². The third kappa shape index (κ3) is 2.92. The highest BCUT2D eigenvalue weighted by Crippen LogP contribution is 2.41. The number of amides is 2. The second-order valence-electron chi connectivity index (χ2n) is 8.15. The lowest BCUT2D eigenvalue weighted by atomic mass is 9.96. The highest BCUT2D eigenvalue weighted by atomic mass is 16.4. The van der Waals surface area contributed by atoms with E-state index in [4.69, 9.17) is 5.10 Å². The van der Waals surface area contributed by atoms with Gasteiger partial charge in [-0.2, -0.15) is 5.10 Å². The van der Waals surface area contributed by atoms with Crippen molar-refractivity contribution in [1.82, 2.24) is 19.6 Å². The largest absolute Gasteiger partial charge is 0.465 e. The lowest BCUT2D eigenvalue weighted by molar-refractivity contribution is 0.0963. The molecule has 9 heteroatoms. The van der Waals surface area contributed by atoms with E-state index in [1.165, 1.54) is 9.80 Å². The van der Waals surface area contributed by atoms with Crippen molar-refractivity contribution in [3.63, 3.8) is 0 Å². The van der Waals surface area contributed by atoms with Gasteiger partial charge in [-0.25, -0.2) is 14.3 Å². The molecule has 2 aliphatic heterocycles. The molecule has 0 spiro atoms. The monoisotopic (exact) mass is 410 g/mol. The van der Waals surface area contributed by atoms with Crippen LogP contribution >= 0.6 is 0 Å². The molecule has 1 saturated carbocycles. The minimum absolute atomic E-state index is 0.0779. The summed E-state index contributed by atoms with van der Waals surface area (Å²) in [4.78, 5) is 37.8. The zero-order valence-electron chi connectivity index (χ0n) is 16.3. The van der Waals surface area contributed by atoms with E-state index in [-0.39, 0.29) is 19.6 Å². The predicted molar refractivity (Wildman–Crippen MR) is 105 cm³/mol. The normalized spacial score (nSPS) is 20.5. The van der Waals surface area contributed by atoms with Crippen LogP contribution in [0.4, 0.5) is 9.59 Å². The van der Waals surface area contributed by atoms with E-state index in [2.05, 4.69) is 0 Å². The first-order valence-electron chi connectivity index (χ1n) is 10.2. The highest BCUT2D eigenvalue weighted by molar-refractivity contribution is 5.81. The van der Waals surface area contributed by atoms with Gasteiger partial charge in [-0.1, -0.05) is 6.07 Å². The molecule has 0 bridgehead atoms. The molecule has 1 fully saturated rings. The predicted octanol–water partition coefficient (Wildman–Crippen LogP) is 2.68. The number of carboxylic acid groups (broad SMARTS) is 2. The van der Waals surface area contributed by atoms with Gasteiger partial charge >= 0.3 is 12.2 Å². The van der Waals surface area contributed by atoms with Gasteiger partial charge in [0.15, 0.2) is 6.29 Å². The van der Waals surface area contributed by atoms with Crippen LogP contribution in [0.15, 0.2) is 18.2 Å². The Morgan fingerprint density at radius 3 is 2.57 bits per heavy atom. The van der Waals surface area contributed by atoms with Crippen molar-refractivity contribution in [3.05, 3.63) is 46.3 Å². The topological polar surface area (TPSA) is 116 Å². The number of carbonyl (C=O) groups is 3. The molecule has 9 nitrogen and oxygen atoms in total. The number of benzene rings is 1. The van der Waals surface area contributed by atoms with Crippen LogP contribution in [0.2, 0.25) is 0 Å². The second-order valence-corrected chi connectivity index (χ2v) is 8.15. The van der Waals surface area contributed by atoms with Crippen LogP contribution in [0, 0.1) is 0 Å². The Balaban J connectivity index is 1.62. The third-order valence-corrected chi connectivity index (χ3v) is 6.38. The second kappa shape index (κ2) is 6.86. The average Bonchev–Trinajstić information content (AvgIpc) is 3.53. The number of hydrogen-bond donors (Lipinski definition) is 2. The molecule has 3 heterocycles. The summed E-state index contributed by atoms with van der Waals surface area (Å²) in [6, 6.07) is 5.28. The summed E-state index contributed by atoms with van der Waals surface area (Å²) in [6.07, 6.45) is 1.86. The van der Waals surface area contributed by atoms with Gasteiger partial charge in [-0.15, -0.1) is 0 Å². The molecule has 2 amide bonds. The SMILES string of the molecule is O=Cc1cc(C2CC2)ccc1-n1nc2c3c1CCN(C(=O)O)C3CN(C(=O)O)CC2. The maximum atomic E-state index is 11.8. The standard InChI is InChI=1S/C21H22N4O5/c26-11-14-9-13(12-1-2-12)3-4-16(14)25-17-6-8-24(21(29)30)18-10-23(20(27)28)7-5-15(22-25)19(17)18/h3-4,9,11-12,18H,1-2,5-8,10H2,(H,27,28)(H,29,30). The number of aromatic nitrogens is 2. The molecule has 1 aromatic heterocycles. The molecular formula is C21H22N4O5. The van der Waals surface area contributed by atoms with E-state index < -0.39 is 18.2 Å². The van der Waals surface area contributed by atoms with Gasteiger partial charge in [-0.05, 0) is 36.5 Å². The van der Waals surface area contributed by atoms with Gasteiger partial charge in [0.05, 0.1) is 23.1 Å². The Hall–Kier alpha value is -3.36. The molecule has 1 aromatic carbocycles. The van der Waals surface area contributed by atoms with Crippen LogP contribution in [-0.4, -0.2) is 67.9 Å². The van der Waals surface area contributed by atoms with Crippen molar-refractivity contribution in [2.45, 2.75) is 37.6 Å². The molecule has 1 atom stereocenters. The van der Waals surface area contributed by atoms with Crippen LogP contribution in [0.3, 0.4) is 0 Å². The molecule has 0 radical (unpaired) electrons. The fourth-order valence-corrected chi connectivity index (χ4v) is 4.73. The Morgan fingerprint density at radius 2 is 1.90 bits per heavy atom. The lowest BCUT2D eigenvalue weighted by Crippen LogP contribution is -2.45. The molecule has 0 saturated heterocycles. The molecule has 2 N–H and O–H groups in total. The fraction of sp³-hybridized carbons (Fsp3) is 0.429. The first-order chi connectivity index (χ1) is 14.5. The zero-order chi connectivity index (χ0) is 21.0. The van der Waals surface area contributed by atoms with Gasteiger partial charge in [-0.3, -0.25) is 9.69 Å². The average molecular weight is 410 g/mol. The van der Waals surface area contributed by atoms with E-state index in [9.17, 15) is 24.6 Å². The van der Waals surface area contributed by atoms with Crippen molar-refractivity contribution < 1.29 is 24.6 Å². The van der Waals surface area contributed by atoms with Crippen molar-refractivity contribution in [2.75, 3.05) is 19.6 Å². The third-order valence-electron chi connectivity index (χ3n) is 6.38. The summed E-state index contributed by atoms with van der Waals surface area (Å²) in [6.45, 7) is 0.584. The zero-order valence-corrected chi connectivity index (χ0v) is 16.3. The molecule has 5 rings (SSSR count). The molecule has 1 unspecified atom stereocenters. The molecule has 30 heavy (non-hydrogen) atoms. The number of hydrogen-bond acceptors (Lipinski definition) is 4. The van der Waals surface area contributed by atoms with Gasteiger partial charge in [0, 0.05) is 43.6 Å². The molecular weight excluding hydrogens is 388 g/mol. The van der Waals surface area contributed by atoms with E-state index in [1.807, 2.05) is 18.2 Å². The maximum Gasteiger partial charge on any atom is 0.407 e. The summed E-state index contributed by atoms with van der Waals surface area (Å²) < 4.78 is 1.77. The van der Waals surface area contributed by atoms with Crippen molar-refractivity contribution in [2.24, 2.45) is 0 Å². The van der Waals surface area contributed by atoms with Gasteiger partial charge in [0.25, 0.3) is 0 Å². The Kier molecular flexibility index (Phi) is 4.27. The van der Waals surface area contributed by atoms with Crippen molar-refractivity contribution in [1.29, 1.82) is 0 Å². The van der Waals surface area contributed by atoms with E-state index >= 15 is 0 Å². The number of aldehydes is 1. The number of rotatable bonds is 3. The quantitative estimate of drug-likeness (QED) is 0.752. The van der Waals surface area contributed by atoms with Crippen LogP contribution in [0.1, 0.15) is 57.7 Å². The smallest absolute Gasteiger partial charge is 0.407 e. The lowest BCUT2D eigenvalue weighted by Gasteiger charge is -2.35. The van der Waals surface area contributed by atoms with Gasteiger partial charge in [0.2, 0.25) is 0 Å². The summed E-state index contributed by atoms with van der Waals surface area (Å²) in [5, 5.41) is 23.9. The summed E-state index contributed by atoms with van der Waals surface area (Å²) in [5.74, 6) is 0.529. The minimum atomic E-state index is -1.07. The molecule has 156 valence electrons. The molecule has 2 aromatic rings. The summed E-state index contributed by atoms with van der Waals surface area (Å²) in [7, 11) is 0. The van der Waals surface area contributed by atoms with Crippen LogP contribution in [-0.2, 0) is 12.8 Å². The van der Waals surface area contributed by atoms with Crippen LogP contribution < -0.4 is 0 Å². The first-order valence-corrected chi connectivity index (χ1v) is 10.2. The fourth-order valence-electron chi connectivity index (χ4n) is 4.73. The van der Waals surface area contributed by atoms with E-state index in [0.717, 1.165) is 35.9 Å². The Morgan fingerprint density at radius 1 is 1.10 bits per heavy atom. The number of carbonyl (C=O) groups excluding carboxylic acids is 1. The van der Waals surface area contributed by atoms with Gasteiger partial charge in [0.1, 0.15) is 0 Å². The Labute approximate surface area is 172 Å². The van der Waals surface area contributed by atoms with Crippen LogP contribution in [0.25, 0.3) is 5.69 Å². The van der Waals surface area contributed by atoms with Crippen molar-refractivity contribution in [3.8, 4) is 5.69 Å². The molecule has 3 aliphatic rings. The van der Waals surface area contributed by atoms with Gasteiger partial charge < -0.3 is 15.1 Å².